The Morgan fingerprint density at radius 2 is 1.77 bits per heavy atom. The number of alkyl halides is 1. The first-order valence-electron chi connectivity index (χ1n) is 3.84. The zero-order chi connectivity index (χ0) is 10.1. The summed E-state index contributed by atoms with van der Waals surface area (Å²) < 4.78 is 26.4. The molecule has 0 aliphatic heterocycles. The lowest BCUT2D eigenvalue weighted by Crippen LogP contribution is -2.22. The maximum atomic E-state index is 13.2. The van der Waals surface area contributed by atoms with E-state index in [1.165, 1.54) is 0 Å². The molecule has 0 saturated carbocycles. The van der Waals surface area contributed by atoms with Gasteiger partial charge in [0, 0.05) is 16.3 Å². The van der Waals surface area contributed by atoms with Crippen molar-refractivity contribution in [3.05, 3.63) is 29.6 Å². The van der Waals surface area contributed by atoms with Crippen LogP contribution in [0.2, 0.25) is 0 Å². The Hall–Kier alpha value is -0.510. The zero-order valence-corrected chi connectivity index (χ0v) is 9.03. The molecule has 0 aliphatic rings. The lowest BCUT2D eigenvalue weighted by Gasteiger charge is -2.22. The summed E-state index contributed by atoms with van der Waals surface area (Å²) in [6.45, 7) is 3.53. The summed E-state index contributed by atoms with van der Waals surface area (Å²) in [6, 6.07) is 0. The number of hydrogen-bond donors (Lipinski definition) is 0. The number of hydrogen-bond acceptors (Lipinski definition) is 1. The molecule has 1 rings (SSSR count). The molecule has 1 aromatic heterocycles. The van der Waals surface area contributed by atoms with Crippen LogP contribution in [0.4, 0.5) is 8.78 Å². The predicted octanol–water partition coefficient (Wildman–Crippen LogP) is 3.03. The van der Waals surface area contributed by atoms with Crippen molar-refractivity contribution in [2.24, 2.45) is 0 Å². The fourth-order valence-electron chi connectivity index (χ4n) is 1.12. The highest BCUT2D eigenvalue weighted by molar-refractivity contribution is 9.09. The molecule has 0 aliphatic carbocycles. The van der Waals surface area contributed by atoms with Gasteiger partial charge in [-0.1, -0.05) is 29.8 Å². The van der Waals surface area contributed by atoms with Crippen LogP contribution in [0.15, 0.2) is 12.4 Å². The van der Waals surface area contributed by atoms with Crippen LogP contribution in [-0.2, 0) is 5.41 Å². The Labute approximate surface area is 84.3 Å². The van der Waals surface area contributed by atoms with Gasteiger partial charge in [-0.25, -0.2) is 8.78 Å². The van der Waals surface area contributed by atoms with Crippen LogP contribution < -0.4 is 0 Å². The second kappa shape index (κ2) is 3.70. The SMILES string of the molecule is CC(C)(CBr)c1c(F)cncc1F. The van der Waals surface area contributed by atoms with E-state index in [-0.39, 0.29) is 5.56 Å². The van der Waals surface area contributed by atoms with E-state index in [2.05, 4.69) is 20.9 Å². The fourth-order valence-corrected chi connectivity index (χ4v) is 1.41. The van der Waals surface area contributed by atoms with Gasteiger partial charge >= 0.3 is 0 Å². The third-order valence-electron chi connectivity index (χ3n) is 1.86. The number of rotatable bonds is 2. The van der Waals surface area contributed by atoms with Crippen LogP contribution in [0.3, 0.4) is 0 Å². The molecule has 0 fully saturated rings. The van der Waals surface area contributed by atoms with Crippen molar-refractivity contribution in [1.82, 2.24) is 4.98 Å². The van der Waals surface area contributed by atoms with Gasteiger partial charge in [0.2, 0.25) is 0 Å². The molecule has 0 aromatic carbocycles. The summed E-state index contributed by atoms with van der Waals surface area (Å²) in [6.07, 6.45) is 2.06. The highest BCUT2D eigenvalue weighted by atomic mass is 79.9. The third kappa shape index (κ3) is 2.05. The fraction of sp³-hybridized carbons (Fsp3) is 0.444. The van der Waals surface area contributed by atoms with E-state index in [1.807, 2.05) is 0 Å². The summed E-state index contributed by atoms with van der Waals surface area (Å²) in [5.41, 5.74) is -0.476. The molecule has 13 heavy (non-hydrogen) atoms. The average molecular weight is 250 g/mol. The van der Waals surface area contributed by atoms with Gasteiger partial charge in [0.1, 0.15) is 11.6 Å². The minimum atomic E-state index is -0.593. The second-order valence-corrected chi connectivity index (χ2v) is 4.06. The topological polar surface area (TPSA) is 12.9 Å². The van der Waals surface area contributed by atoms with Gasteiger partial charge in [-0.15, -0.1) is 0 Å². The molecule has 0 unspecified atom stereocenters. The first-order valence-corrected chi connectivity index (χ1v) is 4.96. The van der Waals surface area contributed by atoms with Crippen LogP contribution in [0.25, 0.3) is 0 Å². The maximum Gasteiger partial charge on any atom is 0.148 e. The standard InChI is InChI=1S/C9H10BrF2N/c1-9(2,5-10)8-6(11)3-13-4-7(8)12/h3-4H,5H2,1-2H3. The van der Waals surface area contributed by atoms with Gasteiger partial charge < -0.3 is 0 Å². The van der Waals surface area contributed by atoms with Gasteiger partial charge in [-0.2, -0.15) is 0 Å². The summed E-state index contributed by atoms with van der Waals surface area (Å²) in [7, 11) is 0. The summed E-state index contributed by atoms with van der Waals surface area (Å²) >= 11 is 3.22. The molecule has 0 saturated heterocycles. The Morgan fingerprint density at radius 3 is 2.15 bits per heavy atom. The molecule has 0 spiro atoms. The Bertz CT molecular complexity index is 292. The first-order chi connectivity index (χ1) is 5.99. The van der Waals surface area contributed by atoms with Gasteiger partial charge in [-0.3, -0.25) is 4.98 Å². The highest BCUT2D eigenvalue weighted by Crippen LogP contribution is 2.29. The normalized spacial score (nSPS) is 11.8. The van der Waals surface area contributed by atoms with E-state index < -0.39 is 17.0 Å². The van der Waals surface area contributed by atoms with Crippen molar-refractivity contribution in [2.75, 3.05) is 5.33 Å². The molecule has 0 bridgehead atoms. The van der Waals surface area contributed by atoms with Crippen molar-refractivity contribution in [1.29, 1.82) is 0 Å². The summed E-state index contributed by atoms with van der Waals surface area (Å²) in [4.78, 5) is 3.43. The largest absolute Gasteiger partial charge is 0.259 e. The van der Waals surface area contributed by atoms with Gasteiger partial charge in [0.05, 0.1) is 12.4 Å². The molecule has 0 radical (unpaired) electrons. The molecule has 1 heterocycles. The minimum absolute atomic E-state index is 0.0828. The maximum absolute atomic E-state index is 13.2. The quantitative estimate of drug-likeness (QED) is 0.735. The van der Waals surface area contributed by atoms with Crippen molar-refractivity contribution in [2.45, 2.75) is 19.3 Å². The summed E-state index contributed by atoms with van der Waals surface area (Å²) in [5.74, 6) is -1.19. The van der Waals surface area contributed by atoms with Crippen LogP contribution >= 0.6 is 15.9 Å². The van der Waals surface area contributed by atoms with Crippen LogP contribution in [-0.4, -0.2) is 10.3 Å². The Kier molecular flexibility index (Phi) is 3.01. The lowest BCUT2D eigenvalue weighted by atomic mass is 9.87. The molecule has 1 nitrogen and oxygen atoms in total. The first kappa shape index (κ1) is 10.6. The molecule has 0 atom stereocenters. The average Bonchev–Trinajstić information content (AvgIpc) is 2.03. The van der Waals surface area contributed by atoms with Crippen LogP contribution in [0.5, 0.6) is 0 Å². The van der Waals surface area contributed by atoms with Crippen molar-refractivity contribution >= 4 is 15.9 Å². The number of pyridine rings is 1. The number of aromatic nitrogens is 1. The summed E-state index contributed by atoms with van der Waals surface area (Å²) in [5, 5.41) is 0.498. The van der Waals surface area contributed by atoms with Crippen molar-refractivity contribution < 1.29 is 8.78 Å². The molecule has 0 N–H and O–H groups in total. The van der Waals surface area contributed by atoms with Gasteiger partial charge in [0.15, 0.2) is 0 Å². The van der Waals surface area contributed by atoms with Crippen molar-refractivity contribution in [3.63, 3.8) is 0 Å². The lowest BCUT2D eigenvalue weighted by molar-refractivity contribution is 0.476. The molecule has 1 aromatic rings. The van der Waals surface area contributed by atoms with E-state index in [4.69, 9.17) is 0 Å². The van der Waals surface area contributed by atoms with E-state index in [9.17, 15) is 8.78 Å². The monoisotopic (exact) mass is 249 g/mol. The van der Waals surface area contributed by atoms with E-state index >= 15 is 0 Å². The Morgan fingerprint density at radius 1 is 1.31 bits per heavy atom. The molecule has 0 amide bonds. The smallest absolute Gasteiger partial charge is 0.148 e. The minimum Gasteiger partial charge on any atom is -0.259 e. The van der Waals surface area contributed by atoms with Gasteiger partial charge in [-0.05, 0) is 0 Å². The van der Waals surface area contributed by atoms with E-state index in [0.29, 0.717) is 5.33 Å². The number of nitrogens with zero attached hydrogens (tertiary/aromatic N) is 1. The highest BCUT2D eigenvalue weighted by Gasteiger charge is 2.26. The van der Waals surface area contributed by atoms with E-state index in [1.54, 1.807) is 13.8 Å². The Balaban J connectivity index is 3.28. The number of halogens is 3. The molecule has 72 valence electrons. The van der Waals surface area contributed by atoms with Crippen molar-refractivity contribution in [3.8, 4) is 0 Å². The van der Waals surface area contributed by atoms with Crippen LogP contribution in [0.1, 0.15) is 19.4 Å². The molecule has 4 heteroatoms. The molecular weight excluding hydrogens is 240 g/mol. The zero-order valence-electron chi connectivity index (χ0n) is 7.44. The predicted molar refractivity (Wildman–Crippen MR) is 51.0 cm³/mol. The van der Waals surface area contributed by atoms with Gasteiger partial charge in [0.25, 0.3) is 0 Å². The molecular formula is C9H10BrF2N. The second-order valence-electron chi connectivity index (χ2n) is 3.50. The third-order valence-corrected chi connectivity index (χ3v) is 3.27. The van der Waals surface area contributed by atoms with Crippen LogP contribution in [0, 0.1) is 11.6 Å². The van der Waals surface area contributed by atoms with E-state index in [0.717, 1.165) is 12.4 Å².